The number of halogens is 1. The maximum absolute atomic E-state index is 12.6. The van der Waals surface area contributed by atoms with Crippen LogP contribution in [-0.2, 0) is 21.2 Å². The number of hydrogen-bond acceptors (Lipinski definition) is 4. The molecule has 0 radical (unpaired) electrons. The molecule has 0 aromatic heterocycles. The summed E-state index contributed by atoms with van der Waals surface area (Å²) in [6.07, 6.45) is 0.781. The Balaban J connectivity index is 1.62. The molecule has 8 heteroatoms. The molecule has 3 aromatic carbocycles. The number of sulfonamides is 1. The van der Waals surface area contributed by atoms with Gasteiger partial charge in [0.2, 0.25) is 0 Å². The fourth-order valence-electron chi connectivity index (χ4n) is 3.23. The number of nitrogens with one attached hydrogen (secondary N) is 2. The summed E-state index contributed by atoms with van der Waals surface area (Å²) < 4.78 is 34.2. The van der Waals surface area contributed by atoms with Gasteiger partial charge in [-0.05, 0) is 85.5 Å². The molecule has 168 valence electrons. The van der Waals surface area contributed by atoms with Crippen molar-refractivity contribution >= 4 is 43.2 Å². The third kappa shape index (κ3) is 6.11. The molecule has 1 amide bonds. The van der Waals surface area contributed by atoms with Gasteiger partial charge < -0.3 is 10.1 Å². The van der Waals surface area contributed by atoms with Crippen LogP contribution in [0.2, 0.25) is 0 Å². The van der Waals surface area contributed by atoms with Gasteiger partial charge in [-0.1, -0.05) is 35.0 Å². The number of aryl methyl sites for hydroxylation is 3. The zero-order valence-electron chi connectivity index (χ0n) is 18.1. The quantitative estimate of drug-likeness (QED) is 0.417. The molecule has 0 fully saturated rings. The van der Waals surface area contributed by atoms with Crippen molar-refractivity contribution in [2.75, 3.05) is 16.6 Å². The minimum absolute atomic E-state index is 0.105. The first kappa shape index (κ1) is 23.8. The second-order valence-electron chi connectivity index (χ2n) is 7.39. The molecular formula is C24H25BrN2O4S. The van der Waals surface area contributed by atoms with Gasteiger partial charge in [0.05, 0.1) is 4.90 Å². The average molecular weight is 517 g/mol. The summed E-state index contributed by atoms with van der Waals surface area (Å²) in [5.74, 6) is 0.112. The van der Waals surface area contributed by atoms with Crippen LogP contribution in [0.15, 0.2) is 70.0 Å². The first-order valence-corrected chi connectivity index (χ1v) is 12.4. The largest absolute Gasteiger partial charge is 0.484 e. The van der Waals surface area contributed by atoms with E-state index in [2.05, 4.69) is 26.0 Å². The van der Waals surface area contributed by atoms with Crippen molar-refractivity contribution in [3.05, 3.63) is 81.8 Å². The third-order valence-corrected chi connectivity index (χ3v) is 6.66. The fraction of sp³-hybridized carbons (Fsp3) is 0.208. The van der Waals surface area contributed by atoms with E-state index in [1.165, 1.54) is 24.3 Å². The minimum Gasteiger partial charge on any atom is -0.484 e. The van der Waals surface area contributed by atoms with Crippen LogP contribution in [0.1, 0.15) is 23.6 Å². The van der Waals surface area contributed by atoms with E-state index in [-0.39, 0.29) is 17.4 Å². The highest BCUT2D eigenvalue weighted by Gasteiger charge is 2.15. The normalized spacial score (nSPS) is 11.1. The lowest BCUT2D eigenvalue weighted by Crippen LogP contribution is -2.21. The lowest BCUT2D eigenvalue weighted by molar-refractivity contribution is -0.118. The molecule has 0 atom stereocenters. The van der Waals surface area contributed by atoms with Crippen molar-refractivity contribution in [2.24, 2.45) is 0 Å². The number of amides is 1. The van der Waals surface area contributed by atoms with Gasteiger partial charge in [-0.15, -0.1) is 0 Å². The molecule has 32 heavy (non-hydrogen) atoms. The van der Waals surface area contributed by atoms with Crippen LogP contribution in [0.3, 0.4) is 0 Å². The van der Waals surface area contributed by atoms with Gasteiger partial charge in [0, 0.05) is 15.8 Å². The molecule has 6 nitrogen and oxygen atoms in total. The number of hydrogen-bond donors (Lipinski definition) is 2. The van der Waals surface area contributed by atoms with Gasteiger partial charge in [0.25, 0.3) is 15.9 Å². The maximum atomic E-state index is 12.6. The number of rotatable bonds is 8. The van der Waals surface area contributed by atoms with Crippen LogP contribution in [0, 0.1) is 13.8 Å². The summed E-state index contributed by atoms with van der Waals surface area (Å²) in [6, 6.07) is 17.0. The predicted molar refractivity (Wildman–Crippen MR) is 131 cm³/mol. The Labute approximate surface area is 197 Å². The first-order chi connectivity index (χ1) is 15.2. The molecule has 3 aromatic rings. The Kier molecular flexibility index (Phi) is 7.58. The summed E-state index contributed by atoms with van der Waals surface area (Å²) in [7, 11) is -3.72. The third-order valence-electron chi connectivity index (χ3n) is 4.80. The van der Waals surface area contributed by atoms with E-state index in [0.29, 0.717) is 11.4 Å². The zero-order valence-corrected chi connectivity index (χ0v) is 20.5. The molecule has 0 aliphatic heterocycles. The molecule has 0 spiro atoms. The SMILES string of the molecule is CCc1cc(Br)cc(C)c1NC(=O)COc1ccc(S(=O)(=O)Nc2cccc(C)c2)cc1. The van der Waals surface area contributed by atoms with Crippen LogP contribution in [0.25, 0.3) is 0 Å². The van der Waals surface area contributed by atoms with E-state index in [9.17, 15) is 13.2 Å². The van der Waals surface area contributed by atoms with Gasteiger partial charge in [-0.25, -0.2) is 8.42 Å². The van der Waals surface area contributed by atoms with E-state index in [1.807, 2.05) is 39.0 Å². The van der Waals surface area contributed by atoms with Crippen LogP contribution in [-0.4, -0.2) is 20.9 Å². The summed E-state index contributed by atoms with van der Waals surface area (Å²) in [6.45, 7) is 5.66. The average Bonchev–Trinajstić information content (AvgIpc) is 2.74. The Hall–Kier alpha value is -2.84. The van der Waals surface area contributed by atoms with Gasteiger partial charge >= 0.3 is 0 Å². The Bertz CT molecular complexity index is 1230. The summed E-state index contributed by atoms with van der Waals surface area (Å²) >= 11 is 3.47. The second-order valence-corrected chi connectivity index (χ2v) is 9.99. The van der Waals surface area contributed by atoms with Crippen molar-refractivity contribution in [2.45, 2.75) is 32.1 Å². The van der Waals surface area contributed by atoms with Crippen molar-refractivity contribution < 1.29 is 17.9 Å². The predicted octanol–water partition coefficient (Wildman–Crippen LogP) is 5.45. The Morgan fingerprint density at radius 1 is 1.03 bits per heavy atom. The molecule has 0 bridgehead atoms. The number of carbonyl (C=O) groups excluding carboxylic acids is 1. The molecule has 0 heterocycles. The zero-order chi connectivity index (χ0) is 23.3. The second kappa shape index (κ2) is 10.2. The molecule has 0 aliphatic rings. The molecule has 2 N–H and O–H groups in total. The number of anilines is 2. The first-order valence-electron chi connectivity index (χ1n) is 10.1. The lowest BCUT2D eigenvalue weighted by atomic mass is 10.1. The van der Waals surface area contributed by atoms with Crippen molar-refractivity contribution in [1.29, 1.82) is 0 Å². The van der Waals surface area contributed by atoms with Crippen molar-refractivity contribution in [3.63, 3.8) is 0 Å². The Morgan fingerprint density at radius 2 is 1.75 bits per heavy atom. The maximum Gasteiger partial charge on any atom is 0.262 e. The molecule has 3 rings (SSSR count). The van der Waals surface area contributed by atoms with E-state index < -0.39 is 10.0 Å². The van der Waals surface area contributed by atoms with Crippen molar-refractivity contribution in [3.8, 4) is 5.75 Å². The molecular weight excluding hydrogens is 492 g/mol. The molecule has 0 saturated carbocycles. The highest BCUT2D eigenvalue weighted by Crippen LogP contribution is 2.26. The molecule has 0 saturated heterocycles. The number of ether oxygens (including phenoxy) is 1. The fourth-order valence-corrected chi connectivity index (χ4v) is 4.90. The van der Waals surface area contributed by atoms with Gasteiger partial charge in [-0.2, -0.15) is 0 Å². The van der Waals surface area contributed by atoms with E-state index >= 15 is 0 Å². The Morgan fingerprint density at radius 3 is 2.41 bits per heavy atom. The van der Waals surface area contributed by atoms with Gasteiger partial charge in [-0.3, -0.25) is 9.52 Å². The topological polar surface area (TPSA) is 84.5 Å². The van der Waals surface area contributed by atoms with Gasteiger partial charge in [0.1, 0.15) is 5.75 Å². The van der Waals surface area contributed by atoms with E-state index in [0.717, 1.165) is 33.3 Å². The van der Waals surface area contributed by atoms with Gasteiger partial charge in [0.15, 0.2) is 6.61 Å². The number of carbonyl (C=O) groups is 1. The summed E-state index contributed by atoms with van der Waals surface area (Å²) in [5, 5.41) is 2.90. The highest BCUT2D eigenvalue weighted by molar-refractivity contribution is 9.10. The summed E-state index contributed by atoms with van der Waals surface area (Å²) in [4.78, 5) is 12.5. The van der Waals surface area contributed by atoms with Crippen molar-refractivity contribution in [1.82, 2.24) is 0 Å². The lowest BCUT2D eigenvalue weighted by Gasteiger charge is -2.14. The molecule has 0 unspecified atom stereocenters. The van der Waals surface area contributed by atoms with Crippen LogP contribution in [0.5, 0.6) is 5.75 Å². The molecule has 0 aliphatic carbocycles. The monoisotopic (exact) mass is 516 g/mol. The summed E-state index contributed by atoms with van der Waals surface area (Å²) in [5.41, 5.74) is 4.22. The van der Waals surface area contributed by atoms with E-state index in [1.54, 1.807) is 18.2 Å². The number of benzene rings is 3. The smallest absolute Gasteiger partial charge is 0.262 e. The minimum atomic E-state index is -3.72. The van der Waals surface area contributed by atoms with E-state index in [4.69, 9.17) is 4.74 Å². The highest BCUT2D eigenvalue weighted by atomic mass is 79.9. The van der Waals surface area contributed by atoms with Crippen LogP contribution >= 0.6 is 15.9 Å². The van der Waals surface area contributed by atoms with Crippen LogP contribution in [0.4, 0.5) is 11.4 Å². The standard InChI is InChI=1S/C24H25BrN2O4S/c1-4-18-14-19(25)13-17(3)24(18)26-23(28)15-31-21-8-10-22(11-9-21)32(29,30)27-20-7-5-6-16(2)12-20/h5-14,27H,4,15H2,1-3H3,(H,26,28). The van der Waals surface area contributed by atoms with Crippen LogP contribution < -0.4 is 14.8 Å².